The first kappa shape index (κ1) is 27.6. The van der Waals surface area contributed by atoms with Crippen molar-refractivity contribution in [3.8, 4) is 17.2 Å². The van der Waals surface area contributed by atoms with E-state index in [1.807, 2.05) is 18.2 Å². The van der Waals surface area contributed by atoms with Crippen LogP contribution in [0.5, 0.6) is 17.2 Å². The van der Waals surface area contributed by atoms with Crippen LogP contribution in [0.4, 0.5) is 0 Å². The molecule has 0 saturated heterocycles. The number of ether oxygens (including phenoxy) is 2. The molecule has 0 fully saturated rings. The van der Waals surface area contributed by atoms with Crippen molar-refractivity contribution in [3.05, 3.63) is 46.6 Å². The van der Waals surface area contributed by atoms with Crippen molar-refractivity contribution in [2.24, 2.45) is 4.99 Å². The van der Waals surface area contributed by atoms with Crippen LogP contribution in [0, 0.1) is 10.7 Å². The summed E-state index contributed by atoms with van der Waals surface area (Å²) in [4.78, 5) is 15.2. The van der Waals surface area contributed by atoms with Crippen LogP contribution in [-0.2, 0) is 11.2 Å². The van der Waals surface area contributed by atoms with E-state index in [0.717, 1.165) is 16.3 Å². The molecule has 0 aliphatic heterocycles. The van der Waals surface area contributed by atoms with Crippen molar-refractivity contribution in [2.45, 2.75) is 25.4 Å². The molecular formula is C20H22BI3N2O6. The number of aliphatic hydroxyl groups is 1. The van der Waals surface area contributed by atoms with Gasteiger partial charge in [0.2, 0.25) is 0 Å². The fourth-order valence-corrected chi connectivity index (χ4v) is 5.50. The van der Waals surface area contributed by atoms with Gasteiger partial charge in [-0.15, -0.1) is 0 Å². The first-order chi connectivity index (χ1) is 15.1. The number of nitrogens with one attached hydrogen (secondary N) is 1. The van der Waals surface area contributed by atoms with E-state index < -0.39 is 25.2 Å². The highest BCUT2D eigenvalue weighted by Crippen LogP contribution is 2.35. The molecule has 2 rings (SSSR count). The van der Waals surface area contributed by atoms with Crippen LogP contribution in [0.15, 0.2) is 35.3 Å². The van der Waals surface area contributed by atoms with E-state index in [1.54, 1.807) is 19.2 Å². The van der Waals surface area contributed by atoms with Gasteiger partial charge in [-0.05, 0) is 117 Å². The topological polar surface area (TPSA) is 121 Å². The molecule has 8 nitrogen and oxygen atoms in total. The average molecular weight is 778 g/mol. The summed E-state index contributed by atoms with van der Waals surface area (Å²) in [6.07, 6.45) is 0.868. The Labute approximate surface area is 227 Å². The second kappa shape index (κ2) is 13.3. The smallest absolute Gasteiger partial charge is 0.374 e. The molecule has 0 amide bonds. The minimum atomic E-state index is -1.03. The molecule has 2 atom stereocenters. The standard InChI is InChI=1S/C20H22BI3N2O6/c1-21(30)26-17(20(28)29)7-11-5-15(23)19(16(24)6-11)32-13-3-4-18(14(22)8-13)31-10-12(27)9-25-2/h3-6,8-9,12,17,26-27,30H,7,10H2,1-2H3,(H,28,29)/b25-9+. The Morgan fingerprint density at radius 2 is 1.88 bits per heavy atom. The summed E-state index contributed by atoms with van der Waals surface area (Å²) >= 11 is 6.46. The van der Waals surface area contributed by atoms with Crippen LogP contribution < -0.4 is 14.7 Å². The van der Waals surface area contributed by atoms with Gasteiger partial charge in [0.1, 0.15) is 30.3 Å². The summed E-state index contributed by atoms with van der Waals surface area (Å²) in [6, 6.07) is 8.24. The van der Waals surface area contributed by atoms with E-state index in [4.69, 9.17) is 9.47 Å². The summed E-state index contributed by atoms with van der Waals surface area (Å²) in [5, 5.41) is 31.2. The van der Waals surface area contributed by atoms with Crippen molar-refractivity contribution < 1.29 is 29.5 Å². The van der Waals surface area contributed by atoms with Gasteiger partial charge in [-0.1, -0.05) is 0 Å². The quantitative estimate of drug-likeness (QED) is 0.157. The Balaban J connectivity index is 2.14. The van der Waals surface area contributed by atoms with Gasteiger partial charge in [0.05, 0.1) is 10.7 Å². The maximum Gasteiger partial charge on any atom is 0.374 e. The van der Waals surface area contributed by atoms with Gasteiger partial charge in [-0.25, -0.2) is 0 Å². The summed E-state index contributed by atoms with van der Waals surface area (Å²) in [7, 11) is 0.667. The lowest BCUT2D eigenvalue weighted by Gasteiger charge is -2.17. The molecule has 0 radical (unpaired) electrons. The SMILES string of the molecule is C/N=C/C(O)COc1ccc(Oc2c(I)cc(CC(NB(C)O)C(=O)O)cc2I)cc1I. The molecule has 0 aromatic heterocycles. The highest BCUT2D eigenvalue weighted by molar-refractivity contribution is 14.1. The van der Waals surface area contributed by atoms with Gasteiger partial charge in [-0.2, -0.15) is 0 Å². The van der Waals surface area contributed by atoms with E-state index in [2.05, 4.69) is 78.0 Å². The normalized spacial score (nSPS) is 13.1. The summed E-state index contributed by atoms with van der Waals surface area (Å²) in [5.74, 6) is 0.902. The lowest BCUT2D eigenvalue weighted by molar-refractivity contribution is -0.139. The monoisotopic (exact) mass is 778 g/mol. The highest BCUT2D eigenvalue weighted by Gasteiger charge is 2.22. The molecule has 32 heavy (non-hydrogen) atoms. The molecule has 0 aliphatic carbocycles. The predicted molar refractivity (Wildman–Crippen MR) is 149 cm³/mol. The number of nitrogens with zero attached hydrogens (tertiary/aromatic N) is 1. The first-order valence-electron chi connectivity index (χ1n) is 9.46. The molecule has 0 heterocycles. The Bertz CT molecular complexity index is 953. The Hall–Kier alpha value is -0.685. The minimum Gasteiger partial charge on any atom is -0.489 e. The van der Waals surface area contributed by atoms with E-state index in [9.17, 15) is 20.0 Å². The van der Waals surface area contributed by atoms with Gasteiger partial charge in [0.25, 0.3) is 0 Å². The second-order valence-corrected chi connectivity index (χ2v) is 10.3. The van der Waals surface area contributed by atoms with E-state index in [0.29, 0.717) is 17.2 Å². The van der Waals surface area contributed by atoms with E-state index in [-0.39, 0.29) is 13.0 Å². The number of aliphatic imine (C=N–C) groups is 1. The lowest BCUT2D eigenvalue weighted by Crippen LogP contribution is -2.46. The van der Waals surface area contributed by atoms with Crippen molar-refractivity contribution >= 4 is 87.0 Å². The number of aliphatic hydroxyl groups excluding tert-OH is 1. The van der Waals surface area contributed by atoms with Crippen LogP contribution in [0.2, 0.25) is 6.82 Å². The molecule has 0 spiro atoms. The van der Waals surface area contributed by atoms with Crippen LogP contribution in [-0.4, -0.2) is 60.3 Å². The molecule has 12 heteroatoms. The number of carboxylic acids is 1. The van der Waals surface area contributed by atoms with Crippen molar-refractivity contribution in [3.63, 3.8) is 0 Å². The first-order valence-corrected chi connectivity index (χ1v) is 12.7. The zero-order valence-corrected chi connectivity index (χ0v) is 23.7. The molecule has 0 saturated carbocycles. The third kappa shape index (κ3) is 8.59. The van der Waals surface area contributed by atoms with Crippen molar-refractivity contribution in [1.82, 2.24) is 5.23 Å². The Morgan fingerprint density at radius 3 is 2.41 bits per heavy atom. The number of carbonyl (C=O) groups is 1. The van der Waals surface area contributed by atoms with Gasteiger partial charge in [0, 0.05) is 13.3 Å². The zero-order chi connectivity index (χ0) is 23.8. The third-order valence-electron chi connectivity index (χ3n) is 4.09. The van der Waals surface area contributed by atoms with Gasteiger partial charge in [0.15, 0.2) is 5.75 Å². The fourth-order valence-electron chi connectivity index (χ4n) is 2.74. The number of aliphatic carboxylic acids is 1. The summed E-state index contributed by atoms with van der Waals surface area (Å²) < 4.78 is 14.2. The number of rotatable bonds is 11. The lowest BCUT2D eigenvalue weighted by atomic mass is 9.86. The molecule has 2 aromatic rings. The van der Waals surface area contributed by atoms with Crippen LogP contribution in [0.1, 0.15) is 5.56 Å². The Kier molecular flexibility index (Phi) is 11.4. The molecule has 172 valence electrons. The van der Waals surface area contributed by atoms with Gasteiger partial charge < -0.3 is 29.9 Å². The van der Waals surface area contributed by atoms with Gasteiger partial charge >= 0.3 is 13.0 Å². The maximum atomic E-state index is 11.5. The van der Waals surface area contributed by atoms with Crippen molar-refractivity contribution in [2.75, 3.05) is 13.7 Å². The van der Waals surface area contributed by atoms with Crippen molar-refractivity contribution in [1.29, 1.82) is 0 Å². The van der Waals surface area contributed by atoms with Gasteiger partial charge in [-0.3, -0.25) is 9.79 Å². The number of halogens is 3. The number of carboxylic acid groups (broad SMARTS) is 1. The Morgan fingerprint density at radius 1 is 1.22 bits per heavy atom. The third-order valence-corrected chi connectivity index (χ3v) is 6.54. The fraction of sp³-hybridized carbons (Fsp3) is 0.300. The zero-order valence-electron chi connectivity index (χ0n) is 17.3. The number of benzene rings is 2. The molecular weight excluding hydrogens is 756 g/mol. The predicted octanol–water partition coefficient (Wildman–Crippen LogP) is 3.43. The van der Waals surface area contributed by atoms with Crippen LogP contribution in [0.3, 0.4) is 0 Å². The average Bonchev–Trinajstić information content (AvgIpc) is 2.69. The summed E-state index contributed by atoms with van der Waals surface area (Å²) in [6.45, 7) is 1.59. The summed E-state index contributed by atoms with van der Waals surface area (Å²) in [5.41, 5.74) is 0.819. The largest absolute Gasteiger partial charge is 0.489 e. The molecule has 0 aliphatic rings. The number of hydrogen-bond acceptors (Lipinski definition) is 7. The molecule has 0 bridgehead atoms. The molecule has 2 aromatic carbocycles. The second-order valence-electron chi connectivity index (χ2n) is 6.81. The highest BCUT2D eigenvalue weighted by atomic mass is 127. The van der Waals surface area contributed by atoms with E-state index >= 15 is 0 Å². The molecule has 4 N–H and O–H groups in total. The molecule has 2 unspecified atom stereocenters. The minimum absolute atomic E-state index is 0.103. The maximum absolute atomic E-state index is 11.5. The van der Waals surface area contributed by atoms with Crippen LogP contribution >= 0.6 is 67.8 Å². The van der Waals surface area contributed by atoms with Crippen LogP contribution in [0.25, 0.3) is 0 Å². The number of hydrogen-bond donors (Lipinski definition) is 4. The van der Waals surface area contributed by atoms with E-state index in [1.165, 1.54) is 13.0 Å².